The fraction of sp³-hybridized carbons (Fsp3) is 0.667. The van der Waals surface area contributed by atoms with Crippen molar-refractivity contribution in [1.29, 1.82) is 0 Å². The summed E-state index contributed by atoms with van der Waals surface area (Å²) in [7, 11) is -3.06. The highest BCUT2D eigenvalue weighted by molar-refractivity contribution is 7.91. The molecule has 7 nitrogen and oxygen atoms in total. The molecule has 0 radical (unpaired) electrons. The van der Waals surface area contributed by atoms with Gasteiger partial charge in [0.1, 0.15) is 0 Å². The van der Waals surface area contributed by atoms with Crippen molar-refractivity contribution in [3.05, 3.63) is 17.5 Å². The minimum Gasteiger partial charge on any atom is -0.351 e. The second kappa shape index (κ2) is 7.39. The van der Waals surface area contributed by atoms with Gasteiger partial charge in [0.2, 0.25) is 0 Å². The van der Waals surface area contributed by atoms with Gasteiger partial charge in [0.15, 0.2) is 9.84 Å². The maximum atomic E-state index is 11.9. The lowest BCUT2D eigenvalue weighted by Crippen LogP contribution is -2.29. The highest BCUT2D eigenvalue weighted by Gasteiger charge is 2.14. The second-order valence-corrected chi connectivity index (χ2v) is 6.97. The Morgan fingerprint density at radius 3 is 2.80 bits per heavy atom. The number of carbonyl (C=O) groups excluding carboxylic acids is 1. The summed E-state index contributed by atoms with van der Waals surface area (Å²) in [6.45, 7) is 4.74. The number of nitrogens with zero attached hydrogens (tertiary/aromatic N) is 2. The minimum atomic E-state index is -3.06. The van der Waals surface area contributed by atoms with Crippen molar-refractivity contribution in [1.82, 2.24) is 15.1 Å². The first-order valence-corrected chi connectivity index (χ1v) is 8.44. The lowest BCUT2D eigenvalue weighted by molar-refractivity contribution is 0.0955. The minimum absolute atomic E-state index is 0.0460. The summed E-state index contributed by atoms with van der Waals surface area (Å²) in [4.78, 5) is 11.9. The van der Waals surface area contributed by atoms with Crippen molar-refractivity contribution in [2.75, 3.05) is 24.6 Å². The molecule has 1 amide bonds. The van der Waals surface area contributed by atoms with Crippen molar-refractivity contribution in [2.45, 2.75) is 26.8 Å². The Hall–Kier alpha value is -1.41. The fourth-order valence-corrected chi connectivity index (χ4v) is 2.40. The lowest BCUT2D eigenvalue weighted by Gasteiger charge is -2.06. The van der Waals surface area contributed by atoms with Crippen molar-refractivity contribution >= 4 is 15.7 Å². The van der Waals surface area contributed by atoms with E-state index in [0.717, 1.165) is 12.1 Å². The van der Waals surface area contributed by atoms with Crippen LogP contribution in [0.1, 0.15) is 29.4 Å². The summed E-state index contributed by atoms with van der Waals surface area (Å²) in [5.74, 6) is -0.262. The standard InChI is InChI=1S/C12H22N4O3S/c1-3-20(18,19)8-6-14-12(17)11-9-15-16(10(11)2)7-4-5-13/h9H,3-8,13H2,1-2H3,(H,14,17). The number of carbonyl (C=O) groups is 1. The number of aromatic nitrogens is 2. The molecular weight excluding hydrogens is 280 g/mol. The molecule has 20 heavy (non-hydrogen) atoms. The molecule has 0 unspecified atom stereocenters. The third kappa shape index (κ3) is 4.61. The van der Waals surface area contributed by atoms with Gasteiger partial charge in [-0.2, -0.15) is 5.10 Å². The second-order valence-electron chi connectivity index (χ2n) is 4.50. The molecule has 0 bridgehead atoms. The lowest BCUT2D eigenvalue weighted by atomic mass is 10.2. The van der Waals surface area contributed by atoms with E-state index in [-0.39, 0.29) is 24.0 Å². The largest absolute Gasteiger partial charge is 0.351 e. The molecule has 8 heteroatoms. The monoisotopic (exact) mass is 302 g/mol. The first kappa shape index (κ1) is 16.6. The maximum Gasteiger partial charge on any atom is 0.254 e. The van der Waals surface area contributed by atoms with Gasteiger partial charge >= 0.3 is 0 Å². The highest BCUT2D eigenvalue weighted by Crippen LogP contribution is 2.07. The number of rotatable bonds is 8. The smallest absolute Gasteiger partial charge is 0.254 e. The highest BCUT2D eigenvalue weighted by atomic mass is 32.2. The molecule has 0 aromatic carbocycles. The van der Waals surface area contributed by atoms with Gasteiger partial charge < -0.3 is 11.1 Å². The molecule has 0 spiro atoms. The Labute approximate surface area is 119 Å². The van der Waals surface area contributed by atoms with Crippen LogP contribution in [0.3, 0.4) is 0 Å². The Morgan fingerprint density at radius 1 is 1.50 bits per heavy atom. The average Bonchev–Trinajstić information content (AvgIpc) is 2.77. The van der Waals surface area contributed by atoms with Crippen LogP contribution in [0.5, 0.6) is 0 Å². The van der Waals surface area contributed by atoms with E-state index in [0.29, 0.717) is 18.7 Å². The number of nitrogens with one attached hydrogen (secondary N) is 1. The summed E-state index contributed by atoms with van der Waals surface area (Å²) >= 11 is 0. The SMILES string of the molecule is CCS(=O)(=O)CCNC(=O)c1cnn(CCCN)c1C. The van der Waals surface area contributed by atoms with Gasteiger partial charge in [-0.15, -0.1) is 0 Å². The van der Waals surface area contributed by atoms with E-state index < -0.39 is 9.84 Å². The number of amides is 1. The molecule has 3 N–H and O–H groups in total. The van der Waals surface area contributed by atoms with E-state index in [9.17, 15) is 13.2 Å². The van der Waals surface area contributed by atoms with E-state index in [2.05, 4.69) is 10.4 Å². The zero-order valence-electron chi connectivity index (χ0n) is 11.9. The molecule has 0 atom stereocenters. The summed E-state index contributed by atoms with van der Waals surface area (Å²) in [5.41, 5.74) is 6.66. The Morgan fingerprint density at radius 2 is 2.20 bits per heavy atom. The van der Waals surface area contributed by atoms with E-state index in [4.69, 9.17) is 5.73 Å². The van der Waals surface area contributed by atoms with Crippen LogP contribution in [0, 0.1) is 6.92 Å². The van der Waals surface area contributed by atoms with E-state index in [1.54, 1.807) is 18.5 Å². The van der Waals surface area contributed by atoms with Crippen molar-refractivity contribution in [3.63, 3.8) is 0 Å². The molecule has 1 aromatic rings. The molecule has 0 aliphatic carbocycles. The molecule has 1 rings (SSSR count). The van der Waals surface area contributed by atoms with Crippen LogP contribution in [0.4, 0.5) is 0 Å². The molecule has 1 aromatic heterocycles. The Kier molecular flexibility index (Phi) is 6.15. The van der Waals surface area contributed by atoms with Crippen molar-refractivity contribution < 1.29 is 13.2 Å². The first-order chi connectivity index (χ1) is 9.41. The number of nitrogens with two attached hydrogens (primary N) is 1. The normalized spacial score (nSPS) is 11.6. The zero-order chi connectivity index (χ0) is 15.2. The van der Waals surface area contributed by atoms with E-state index in [1.165, 1.54) is 6.20 Å². The van der Waals surface area contributed by atoms with Gasteiger partial charge in [-0.25, -0.2) is 8.42 Å². The van der Waals surface area contributed by atoms with Gasteiger partial charge in [0.25, 0.3) is 5.91 Å². The predicted octanol–water partition coefficient (Wildman–Crippen LogP) is -0.295. The molecule has 114 valence electrons. The summed E-state index contributed by atoms with van der Waals surface area (Å²) in [6, 6.07) is 0. The molecule has 0 aliphatic rings. The van der Waals surface area contributed by atoms with Gasteiger partial charge in [-0.1, -0.05) is 6.92 Å². The van der Waals surface area contributed by atoms with Crippen LogP contribution in [-0.4, -0.2) is 48.7 Å². The van der Waals surface area contributed by atoms with Gasteiger partial charge in [-0.3, -0.25) is 9.48 Å². The molecule has 0 saturated carbocycles. The molecular formula is C12H22N4O3S. The van der Waals surface area contributed by atoms with Crippen LogP contribution >= 0.6 is 0 Å². The molecule has 0 fully saturated rings. The number of hydrogen-bond acceptors (Lipinski definition) is 5. The summed E-state index contributed by atoms with van der Waals surface area (Å²) in [5, 5.41) is 6.73. The third-order valence-electron chi connectivity index (χ3n) is 3.06. The summed E-state index contributed by atoms with van der Waals surface area (Å²) in [6.07, 6.45) is 2.29. The van der Waals surface area contributed by atoms with Crippen LogP contribution in [-0.2, 0) is 16.4 Å². The van der Waals surface area contributed by atoms with E-state index >= 15 is 0 Å². The van der Waals surface area contributed by atoms with E-state index in [1.807, 2.05) is 0 Å². The van der Waals surface area contributed by atoms with Crippen molar-refractivity contribution in [2.24, 2.45) is 5.73 Å². The molecule has 1 heterocycles. The molecule has 0 aliphatic heterocycles. The number of hydrogen-bond donors (Lipinski definition) is 2. The first-order valence-electron chi connectivity index (χ1n) is 6.62. The zero-order valence-corrected chi connectivity index (χ0v) is 12.7. The van der Waals surface area contributed by atoms with Crippen LogP contribution in [0.15, 0.2) is 6.20 Å². The predicted molar refractivity (Wildman–Crippen MR) is 77.3 cm³/mol. The average molecular weight is 302 g/mol. The van der Waals surface area contributed by atoms with Crippen LogP contribution in [0.25, 0.3) is 0 Å². The molecule has 0 saturated heterocycles. The van der Waals surface area contributed by atoms with Gasteiger partial charge in [0, 0.05) is 24.5 Å². The Balaban J connectivity index is 2.58. The third-order valence-corrected chi connectivity index (χ3v) is 4.77. The van der Waals surface area contributed by atoms with Crippen LogP contribution in [0.2, 0.25) is 0 Å². The maximum absolute atomic E-state index is 11.9. The Bertz CT molecular complexity index is 551. The quantitative estimate of drug-likeness (QED) is 0.686. The summed E-state index contributed by atoms with van der Waals surface area (Å²) < 4.78 is 24.4. The number of sulfone groups is 1. The number of aryl methyl sites for hydroxylation is 1. The van der Waals surface area contributed by atoms with Gasteiger partial charge in [-0.05, 0) is 19.9 Å². The van der Waals surface area contributed by atoms with Gasteiger partial charge in [0.05, 0.1) is 17.5 Å². The fourth-order valence-electron chi connectivity index (χ4n) is 1.70. The van der Waals surface area contributed by atoms with Crippen LogP contribution < -0.4 is 11.1 Å². The van der Waals surface area contributed by atoms with Crippen molar-refractivity contribution in [3.8, 4) is 0 Å². The topological polar surface area (TPSA) is 107 Å².